The monoisotopic (exact) mass is 429 g/mol. The van der Waals surface area contributed by atoms with E-state index in [9.17, 15) is 21.6 Å². The van der Waals surface area contributed by atoms with Crippen LogP contribution in [0, 0.1) is 0 Å². The van der Waals surface area contributed by atoms with Gasteiger partial charge in [0, 0.05) is 0 Å². The third kappa shape index (κ3) is 5.09. The third-order valence-corrected chi connectivity index (χ3v) is 6.52. The van der Waals surface area contributed by atoms with Gasteiger partial charge in [-0.05, 0) is 43.2 Å². The van der Waals surface area contributed by atoms with Crippen LogP contribution in [0.4, 0.5) is 13.2 Å². The summed E-state index contributed by atoms with van der Waals surface area (Å²) >= 11 is 0. The first-order valence-electron chi connectivity index (χ1n) is 9.10. The van der Waals surface area contributed by atoms with Crippen molar-refractivity contribution < 1.29 is 31.1 Å². The standard InChI is InChI=1S/C20H22F3NO4S/c1-13(2)29(25,26)24-18-11-27-12-19(18)28-15-9-7-14(8-10-15)16-5-3-4-6-17(16)20(21,22)23/h3-10,13,18-19,24H,11-12H2,1-2H3/t18-,19+/m0/s1. The number of halogens is 3. The fourth-order valence-corrected chi connectivity index (χ4v) is 3.89. The Kier molecular flexibility index (Phi) is 6.21. The molecule has 158 valence electrons. The van der Waals surface area contributed by atoms with Gasteiger partial charge in [-0.25, -0.2) is 13.1 Å². The second-order valence-corrected chi connectivity index (χ2v) is 9.35. The smallest absolute Gasteiger partial charge is 0.417 e. The van der Waals surface area contributed by atoms with E-state index in [0.717, 1.165) is 6.07 Å². The molecule has 9 heteroatoms. The molecule has 1 aliphatic heterocycles. The topological polar surface area (TPSA) is 64.6 Å². The lowest BCUT2D eigenvalue weighted by Crippen LogP contribution is -2.47. The van der Waals surface area contributed by atoms with Gasteiger partial charge in [0.1, 0.15) is 11.9 Å². The van der Waals surface area contributed by atoms with E-state index in [4.69, 9.17) is 9.47 Å². The maximum atomic E-state index is 13.2. The molecule has 0 unspecified atom stereocenters. The van der Waals surface area contributed by atoms with Gasteiger partial charge in [0.15, 0.2) is 0 Å². The van der Waals surface area contributed by atoms with Gasteiger partial charge >= 0.3 is 6.18 Å². The van der Waals surface area contributed by atoms with Crippen LogP contribution in [0.15, 0.2) is 48.5 Å². The van der Waals surface area contributed by atoms with Crippen LogP contribution in [-0.4, -0.2) is 39.0 Å². The Bertz CT molecular complexity index is 943. The number of hydrogen-bond donors (Lipinski definition) is 1. The Hall–Kier alpha value is -2.10. The SMILES string of the molecule is CC(C)S(=O)(=O)N[C@H]1COC[C@H]1Oc1ccc(-c2ccccc2C(F)(F)F)cc1. The fourth-order valence-electron chi connectivity index (χ4n) is 2.98. The highest BCUT2D eigenvalue weighted by Crippen LogP contribution is 2.37. The Morgan fingerprint density at radius 2 is 1.72 bits per heavy atom. The summed E-state index contributed by atoms with van der Waals surface area (Å²) < 4.78 is 77.6. The first kappa shape index (κ1) is 21.6. The molecule has 1 N–H and O–H groups in total. The molecule has 5 nitrogen and oxygen atoms in total. The molecule has 1 aliphatic rings. The molecule has 0 aliphatic carbocycles. The van der Waals surface area contributed by atoms with Gasteiger partial charge in [0.25, 0.3) is 0 Å². The van der Waals surface area contributed by atoms with Crippen molar-refractivity contribution in [3.63, 3.8) is 0 Å². The van der Waals surface area contributed by atoms with Crippen molar-refractivity contribution in [2.45, 2.75) is 37.4 Å². The first-order chi connectivity index (χ1) is 13.6. The summed E-state index contributed by atoms with van der Waals surface area (Å²) in [4.78, 5) is 0. The second kappa shape index (κ2) is 8.33. The van der Waals surface area contributed by atoms with Crippen LogP contribution in [-0.2, 0) is 20.9 Å². The van der Waals surface area contributed by atoms with Gasteiger partial charge in [-0.2, -0.15) is 13.2 Å². The number of benzene rings is 2. The van der Waals surface area contributed by atoms with E-state index < -0.39 is 39.2 Å². The molecule has 0 aromatic heterocycles. The van der Waals surface area contributed by atoms with Gasteiger partial charge in [-0.3, -0.25) is 0 Å². The number of rotatable bonds is 6. The zero-order chi connectivity index (χ0) is 21.2. The van der Waals surface area contributed by atoms with Crippen molar-refractivity contribution in [1.82, 2.24) is 4.72 Å². The molecule has 0 radical (unpaired) electrons. The summed E-state index contributed by atoms with van der Waals surface area (Å²) in [5, 5.41) is -0.586. The first-order valence-corrected chi connectivity index (χ1v) is 10.6. The molecule has 0 spiro atoms. The Balaban J connectivity index is 1.75. The van der Waals surface area contributed by atoms with Gasteiger partial charge in [0.2, 0.25) is 10.0 Å². The maximum Gasteiger partial charge on any atom is 0.417 e. The number of sulfonamides is 1. The largest absolute Gasteiger partial charge is 0.486 e. The van der Waals surface area contributed by atoms with E-state index in [1.807, 2.05) is 0 Å². The van der Waals surface area contributed by atoms with Crippen molar-refractivity contribution in [1.29, 1.82) is 0 Å². The fraction of sp³-hybridized carbons (Fsp3) is 0.400. The van der Waals surface area contributed by atoms with Crippen LogP contribution in [0.2, 0.25) is 0 Å². The molecular formula is C20H22F3NO4S. The maximum absolute atomic E-state index is 13.2. The zero-order valence-corrected chi connectivity index (χ0v) is 16.8. The Labute approximate surface area is 167 Å². The second-order valence-electron chi connectivity index (χ2n) is 7.08. The average Bonchev–Trinajstić information content (AvgIpc) is 3.07. The third-order valence-electron chi connectivity index (χ3n) is 4.65. The summed E-state index contributed by atoms with van der Waals surface area (Å²) in [6, 6.07) is 11.0. The minimum Gasteiger partial charge on any atom is -0.486 e. The van der Waals surface area contributed by atoms with Crippen LogP contribution >= 0.6 is 0 Å². The Morgan fingerprint density at radius 3 is 2.34 bits per heavy atom. The van der Waals surface area contributed by atoms with E-state index in [1.54, 1.807) is 44.2 Å². The number of alkyl halides is 3. The summed E-state index contributed by atoms with van der Waals surface area (Å²) in [5.74, 6) is 0.419. The van der Waals surface area contributed by atoms with E-state index in [0.29, 0.717) is 11.3 Å². The number of nitrogens with one attached hydrogen (secondary N) is 1. The minimum absolute atomic E-state index is 0.0818. The normalized spacial score (nSPS) is 20.2. The highest BCUT2D eigenvalue weighted by molar-refractivity contribution is 7.90. The average molecular weight is 429 g/mol. The van der Waals surface area contributed by atoms with Gasteiger partial charge < -0.3 is 9.47 Å². The molecule has 3 rings (SSSR count). The Morgan fingerprint density at radius 1 is 1.07 bits per heavy atom. The van der Waals surface area contributed by atoms with Crippen LogP contribution in [0.25, 0.3) is 11.1 Å². The molecule has 2 atom stereocenters. The molecule has 0 amide bonds. The highest BCUT2D eigenvalue weighted by atomic mass is 32.2. The lowest BCUT2D eigenvalue weighted by atomic mass is 9.99. The lowest BCUT2D eigenvalue weighted by molar-refractivity contribution is -0.137. The van der Waals surface area contributed by atoms with Gasteiger partial charge in [0.05, 0.1) is 30.1 Å². The van der Waals surface area contributed by atoms with Crippen molar-refractivity contribution in [3.8, 4) is 16.9 Å². The summed E-state index contributed by atoms with van der Waals surface area (Å²) in [7, 11) is -3.48. The lowest BCUT2D eigenvalue weighted by Gasteiger charge is -2.22. The minimum atomic E-state index is -4.45. The predicted octanol–water partition coefficient (Wildman–Crippen LogP) is 3.85. The van der Waals surface area contributed by atoms with Crippen LogP contribution < -0.4 is 9.46 Å². The van der Waals surface area contributed by atoms with Crippen molar-refractivity contribution >= 4 is 10.0 Å². The zero-order valence-electron chi connectivity index (χ0n) is 15.9. The molecule has 29 heavy (non-hydrogen) atoms. The summed E-state index contributed by atoms with van der Waals surface area (Å²) in [6.07, 6.45) is -4.98. The highest BCUT2D eigenvalue weighted by Gasteiger charge is 2.35. The summed E-state index contributed by atoms with van der Waals surface area (Å²) in [6.45, 7) is 3.55. The molecule has 2 aromatic carbocycles. The van der Waals surface area contributed by atoms with E-state index >= 15 is 0 Å². The summed E-state index contributed by atoms with van der Waals surface area (Å²) in [5.41, 5.74) is -0.218. The molecule has 1 heterocycles. The number of hydrogen-bond acceptors (Lipinski definition) is 4. The quantitative estimate of drug-likeness (QED) is 0.758. The molecule has 0 bridgehead atoms. The van der Waals surface area contributed by atoms with Gasteiger partial charge in [-0.15, -0.1) is 0 Å². The molecule has 1 saturated heterocycles. The van der Waals surface area contributed by atoms with Crippen LogP contribution in [0.1, 0.15) is 19.4 Å². The van der Waals surface area contributed by atoms with Crippen molar-refractivity contribution in [2.75, 3.05) is 13.2 Å². The number of ether oxygens (including phenoxy) is 2. The molecule has 0 saturated carbocycles. The predicted molar refractivity (Wildman–Crippen MR) is 103 cm³/mol. The van der Waals surface area contributed by atoms with Crippen LogP contribution in [0.5, 0.6) is 5.75 Å². The van der Waals surface area contributed by atoms with Crippen molar-refractivity contribution in [2.24, 2.45) is 0 Å². The van der Waals surface area contributed by atoms with E-state index in [1.165, 1.54) is 12.1 Å². The van der Waals surface area contributed by atoms with E-state index in [-0.39, 0.29) is 18.8 Å². The molecule has 2 aromatic rings. The van der Waals surface area contributed by atoms with Crippen LogP contribution in [0.3, 0.4) is 0 Å². The van der Waals surface area contributed by atoms with Gasteiger partial charge in [-0.1, -0.05) is 30.3 Å². The van der Waals surface area contributed by atoms with E-state index in [2.05, 4.69) is 4.72 Å². The molecule has 1 fully saturated rings. The molecular weight excluding hydrogens is 407 g/mol. The van der Waals surface area contributed by atoms with Crippen molar-refractivity contribution in [3.05, 3.63) is 54.1 Å².